The average Bonchev–Trinajstić information content (AvgIpc) is 2.28. The van der Waals surface area contributed by atoms with Crippen molar-refractivity contribution in [2.45, 2.75) is 0 Å². The minimum absolute atomic E-state index is 0.0200. The van der Waals surface area contributed by atoms with Crippen LogP contribution in [-0.2, 0) is 0 Å². The number of ether oxygens (including phenoxy) is 1. The molecule has 2 rings (SSSR count). The Morgan fingerprint density at radius 1 is 1.18 bits per heavy atom. The summed E-state index contributed by atoms with van der Waals surface area (Å²) in [6.07, 6.45) is 0. The molecule has 0 fully saturated rings. The van der Waals surface area contributed by atoms with Crippen molar-refractivity contribution in [2.24, 2.45) is 0 Å². The van der Waals surface area contributed by atoms with E-state index in [2.05, 4.69) is 22.6 Å². The number of rotatable bonds is 2. The SMILES string of the molecule is Nc1cc(I)ccc1Oc1cccc(Cl)c1F. The minimum Gasteiger partial charge on any atom is -0.452 e. The fraction of sp³-hybridized carbons (Fsp3) is 0. The number of benzene rings is 2. The smallest absolute Gasteiger partial charge is 0.184 e. The Kier molecular flexibility index (Phi) is 3.73. The lowest BCUT2D eigenvalue weighted by molar-refractivity contribution is 0.444. The molecule has 0 saturated heterocycles. The van der Waals surface area contributed by atoms with Crippen LogP contribution in [-0.4, -0.2) is 0 Å². The summed E-state index contributed by atoms with van der Waals surface area (Å²) < 4.78 is 20.0. The summed E-state index contributed by atoms with van der Waals surface area (Å²) in [6, 6.07) is 9.84. The summed E-state index contributed by atoms with van der Waals surface area (Å²) in [5.74, 6) is -0.121. The Bertz CT molecular complexity index is 562. The highest BCUT2D eigenvalue weighted by atomic mass is 127. The molecule has 5 heteroatoms. The van der Waals surface area contributed by atoms with Gasteiger partial charge in [-0.2, -0.15) is 0 Å². The predicted octanol–water partition coefficient (Wildman–Crippen LogP) is 4.46. The molecule has 0 aromatic heterocycles. The van der Waals surface area contributed by atoms with Crippen LogP contribution in [0.5, 0.6) is 11.5 Å². The normalized spacial score (nSPS) is 10.3. The quantitative estimate of drug-likeness (QED) is 0.632. The number of hydrogen-bond acceptors (Lipinski definition) is 2. The molecular formula is C12H8ClFINO. The molecule has 0 radical (unpaired) electrons. The predicted molar refractivity (Wildman–Crippen MR) is 75.1 cm³/mol. The van der Waals surface area contributed by atoms with Crippen molar-refractivity contribution in [3.05, 3.63) is 50.8 Å². The van der Waals surface area contributed by atoms with Crippen molar-refractivity contribution >= 4 is 39.9 Å². The fourth-order valence-corrected chi connectivity index (χ4v) is 1.97. The van der Waals surface area contributed by atoms with Crippen LogP contribution in [0.4, 0.5) is 10.1 Å². The molecule has 2 aromatic rings. The van der Waals surface area contributed by atoms with Crippen molar-refractivity contribution in [3.8, 4) is 11.5 Å². The molecule has 0 amide bonds. The lowest BCUT2D eigenvalue weighted by atomic mass is 10.3. The van der Waals surface area contributed by atoms with Gasteiger partial charge in [0.05, 0.1) is 10.7 Å². The van der Waals surface area contributed by atoms with Gasteiger partial charge in [0.25, 0.3) is 0 Å². The van der Waals surface area contributed by atoms with E-state index >= 15 is 0 Å². The van der Waals surface area contributed by atoms with Crippen LogP contribution in [0.3, 0.4) is 0 Å². The van der Waals surface area contributed by atoms with Crippen LogP contribution in [0.15, 0.2) is 36.4 Å². The third-order valence-corrected chi connectivity index (χ3v) is 3.07. The zero-order valence-corrected chi connectivity index (χ0v) is 11.5. The van der Waals surface area contributed by atoms with Crippen LogP contribution in [0, 0.1) is 9.39 Å². The Balaban J connectivity index is 2.35. The largest absolute Gasteiger partial charge is 0.452 e. The molecule has 0 saturated carbocycles. The molecule has 0 aliphatic carbocycles. The molecule has 0 atom stereocenters. The van der Waals surface area contributed by atoms with Gasteiger partial charge in [-0.15, -0.1) is 0 Å². The second-order valence-electron chi connectivity index (χ2n) is 3.34. The summed E-state index contributed by atoms with van der Waals surface area (Å²) in [5.41, 5.74) is 6.23. The maximum Gasteiger partial charge on any atom is 0.184 e. The molecule has 0 heterocycles. The van der Waals surface area contributed by atoms with E-state index in [9.17, 15) is 4.39 Å². The molecule has 0 aliphatic rings. The van der Waals surface area contributed by atoms with Crippen molar-refractivity contribution in [3.63, 3.8) is 0 Å². The molecule has 0 unspecified atom stereocenters. The van der Waals surface area contributed by atoms with E-state index in [0.717, 1.165) is 3.57 Å². The van der Waals surface area contributed by atoms with Gasteiger partial charge in [0.15, 0.2) is 17.3 Å². The van der Waals surface area contributed by atoms with Crippen molar-refractivity contribution in [1.29, 1.82) is 0 Å². The standard InChI is InChI=1S/C12H8ClFINO/c13-8-2-1-3-11(12(8)14)17-10-5-4-7(15)6-9(10)16/h1-6H,16H2. The number of hydrogen-bond donors (Lipinski definition) is 1. The van der Waals surface area contributed by atoms with E-state index in [-0.39, 0.29) is 10.8 Å². The van der Waals surface area contributed by atoms with E-state index in [1.165, 1.54) is 12.1 Å². The van der Waals surface area contributed by atoms with E-state index in [0.29, 0.717) is 11.4 Å². The highest BCUT2D eigenvalue weighted by molar-refractivity contribution is 14.1. The lowest BCUT2D eigenvalue weighted by Gasteiger charge is -2.09. The Labute approximate surface area is 117 Å². The first kappa shape index (κ1) is 12.4. The molecule has 2 nitrogen and oxygen atoms in total. The molecule has 2 N–H and O–H groups in total. The molecule has 88 valence electrons. The number of halogens is 3. The van der Waals surface area contributed by atoms with Crippen LogP contribution >= 0.6 is 34.2 Å². The number of nitrogens with two attached hydrogens (primary N) is 1. The Hall–Kier alpha value is -1.01. The summed E-state index contributed by atoms with van der Waals surface area (Å²) in [6.45, 7) is 0. The highest BCUT2D eigenvalue weighted by Gasteiger charge is 2.10. The average molecular weight is 364 g/mol. The van der Waals surface area contributed by atoms with E-state index < -0.39 is 5.82 Å². The summed E-state index contributed by atoms with van der Waals surface area (Å²) >= 11 is 7.79. The number of anilines is 1. The van der Waals surface area contributed by atoms with Gasteiger partial charge in [-0.1, -0.05) is 17.7 Å². The van der Waals surface area contributed by atoms with Gasteiger partial charge in [0, 0.05) is 3.57 Å². The monoisotopic (exact) mass is 363 g/mol. The summed E-state index contributed by atoms with van der Waals surface area (Å²) in [7, 11) is 0. The zero-order valence-electron chi connectivity index (χ0n) is 8.58. The van der Waals surface area contributed by atoms with Gasteiger partial charge in [0.2, 0.25) is 0 Å². The maximum absolute atomic E-state index is 13.6. The Morgan fingerprint density at radius 2 is 1.94 bits per heavy atom. The summed E-state index contributed by atoms with van der Waals surface area (Å²) in [5, 5.41) is 0.0200. The van der Waals surface area contributed by atoms with Crippen LogP contribution in [0.25, 0.3) is 0 Å². The molecule has 0 spiro atoms. The molecule has 0 aliphatic heterocycles. The van der Waals surface area contributed by atoms with E-state index in [4.69, 9.17) is 22.1 Å². The van der Waals surface area contributed by atoms with E-state index in [1.54, 1.807) is 18.2 Å². The molecular weight excluding hydrogens is 355 g/mol. The summed E-state index contributed by atoms with van der Waals surface area (Å²) in [4.78, 5) is 0. The van der Waals surface area contributed by atoms with E-state index in [1.807, 2.05) is 6.07 Å². The third-order valence-electron chi connectivity index (χ3n) is 2.11. The second kappa shape index (κ2) is 5.10. The van der Waals surface area contributed by atoms with Gasteiger partial charge < -0.3 is 10.5 Å². The van der Waals surface area contributed by atoms with Crippen LogP contribution < -0.4 is 10.5 Å². The lowest BCUT2D eigenvalue weighted by Crippen LogP contribution is -1.94. The topological polar surface area (TPSA) is 35.2 Å². The van der Waals surface area contributed by atoms with Crippen molar-refractivity contribution in [1.82, 2.24) is 0 Å². The minimum atomic E-state index is -0.591. The first-order valence-electron chi connectivity index (χ1n) is 4.75. The highest BCUT2D eigenvalue weighted by Crippen LogP contribution is 2.32. The second-order valence-corrected chi connectivity index (χ2v) is 4.99. The van der Waals surface area contributed by atoms with Gasteiger partial charge >= 0.3 is 0 Å². The van der Waals surface area contributed by atoms with Crippen LogP contribution in [0.2, 0.25) is 5.02 Å². The zero-order chi connectivity index (χ0) is 12.4. The van der Waals surface area contributed by atoms with Crippen molar-refractivity contribution in [2.75, 3.05) is 5.73 Å². The fourth-order valence-electron chi connectivity index (χ4n) is 1.29. The van der Waals surface area contributed by atoms with Crippen molar-refractivity contribution < 1.29 is 9.13 Å². The number of nitrogen functional groups attached to an aromatic ring is 1. The first-order valence-corrected chi connectivity index (χ1v) is 6.20. The first-order chi connectivity index (χ1) is 8.08. The van der Waals surface area contributed by atoms with Gasteiger partial charge in [-0.05, 0) is 52.9 Å². The molecule has 17 heavy (non-hydrogen) atoms. The van der Waals surface area contributed by atoms with Crippen LogP contribution in [0.1, 0.15) is 0 Å². The Morgan fingerprint density at radius 3 is 2.65 bits per heavy atom. The molecule has 2 aromatic carbocycles. The third kappa shape index (κ3) is 2.81. The maximum atomic E-state index is 13.6. The molecule has 0 bridgehead atoms. The van der Waals surface area contributed by atoms with Gasteiger partial charge in [-0.25, -0.2) is 4.39 Å². The van der Waals surface area contributed by atoms with Gasteiger partial charge in [-0.3, -0.25) is 0 Å². The van der Waals surface area contributed by atoms with Gasteiger partial charge in [0.1, 0.15) is 0 Å².